The van der Waals surface area contributed by atoms with E-state index in [-0.39, 0.29) is 12.8 Å². The molecule has 2 aromatic rings. The molecule has 1 aliphatic rings. The van der Waals surface area contributed by atoms with E-state index in [0.29, 0.717) is 24.2 Å². The molecule has 0 N–H and O–H groups in total. The van der Waals surface area contributed by atoms with Gasteiger partial charge < -0.3 is 14.2 Å². The van der Waals surface area contributed by atoms with Crippen molar-refractivity contribution in [3.63, 3.8) is 0 Å². The summed E-state index contributed by atoms with van der Waals surface area (Å²) in [5, 5.41) is 0. The minimum Gasteiger partial charge on any atom is -0.462 e. The monoisotopic (exact) mass is 350 g/mol. The van der Waals surface area contributed by atoms with Gasteiger partial charge in [0.2, 0.25) is 6.79 Å². The smallest absolute Gasteiger partial charge is 0.343 e. The maximum Gasteiger partial charge on any atom is 0.343 e. The molecule has 3 rings (SSSR count). The van der Waals surface area contributed by atoms with Crippen molar-refractivity contribution in [3.05, 3.63) is 88.9 Å². The Balaban J connectivity index is 1.48. The molecule has 0 aliphatic heterocycles. The Bertz CT molecular complexity index is 814. The molecule has 0 aromatic heterocycles. The van der Waals surface area contributed by atoms with Gasteiger partial charge in [-0.3, -0.25) is 0 Å². The third kappa shape index (κ3) is 4.99. The molecule has 4 nitrogen and oxygen atoms in total. The first-order valence-electron chi connectivity index (χ1n) is 8.61. The molecule has 0 saturated heterocycles. The summed E-state index contributed by atoms with van der Waals surface area (Å²) in [5.74, 6) is 1.89. The van der Waals surface area contributed by atoms with Gasteiger partial charge in [-0.05, 0) is 50.3 Å². The highest BCUT2D eigenvalue weighted by Crippen LogP contribution is 2.22. The van der Waals surface area contributed by atoms with Crippen LogP contribution < -0.4 is 4.74 Å². The van der Waals surface area contributed by atoms with E-state index in [1.807, 2.05) is 56.3 Å². The first-order chi connectivity index (χ1) is 12.6. The predicted octanol–water partition coefficient (Wildman–Crippen LogP) is 5.07. The second-order valence-electron chi connectivity index (χ2n) is 6.24. The fourth-order valence-electron chi connectivity index (χ4n) is 2.48. The molecule has 1 aliphatic carbocycles. The standard InChI is InChI=1S/C22H22O4/c1-16-3-7-18(8-4-16)22(23)26-21-13-11-20(12-14-21)25-15-24-19-9-5-17(2)6-10-19/h3-11,13H,12,14-15H2,1-2H3. The Labute approximate surface area is 153 Å². The summed E-state index contributed by atoms with van der Waals surface area (Å²) in [6.45, 7) is 4.16. The zero-order valence-electron chi connectivity index (χ0n) is 15.0. The van der Waals surface area contributed by atoms with Crippen LogP contribution >= 0.6 is 0 Å². The molecule has 26 heavy (non-hydrogen) atoms. The summed E-state index contributed by atoms with van der Waals surface area (Å²) >= 11 is 0. The Kier molecular flexibility index (Phi) is 5.74. The van der Waals surface area contributed by atoms with Crippen molar-refractivity contribution >= 4 is 5.97 Å². The number of hydrogen-bond acceptors (Lipinski definition) is 4. The van der Waals surface area contributed by atoms with Gasteiger partial charge in [-0.25, -0.2) is 4.79 Å². The summed E-state index contributed by atoms with van der Waals surface area (Å²) in [7, 11) is 0. The van der Waals surface area contributed by atoms with E-state index in [9.17, 15) is 4.79 Å². The largest absolute Gasteiger partial charge is 0.462 e. The highest BCUT2D eigenvalue weighted by atomic mass is 16.7. The lowest BCUT2D eigenvalue weighted by Gasteiger charge is -2.16. The van der Waals surface area contributed by atoms with Crippen molar-refractivity contribution < 1.29 is 19.0 Å². The molecule has 0 unspecified atom stereocenters. The topological polar surface area (TPSA) is 44.8 Å². The summed E-state index contributed by atoms with van der Waals surface area (Å²) in [5.41, 5.74) is 2.84. The van der Waals surface area contributed by atoms with E-state index in [1.54, 1.807) is 18.2 Å². The molecule has 4 heteroatoms. The van der Waals surface area contributed by atoms with E-state index in [2.05, 4.69) is 0 Å². The minimum absolute atomic E-state index is 0.154. The number of allylic oxidation sites excluding steroid dienone is 4. The van der Waals surface area contributed by atoms with Gasteiger partial charge in [0.1, 0.15) is 17.3 Å². The highest BCUT2D eigenvalue weighted by molar-refractivity contribution is 5.90. The quantitative estimate of drug-likeness (QED) is 0.539. The highest BCUT2D eigenvalue weighted by Gasteiger charge is 2.14. The molecule has 134 valence electrons. The zero-order chi connectivity index (χ0) is 18.4. The number of carbonyl (C=O) groups is 1. The van der Waals surface area contributed by atoms with Crippen molar-refractivity contribution in [2.24, 2.45) is 0 Å². The number of hydrogen-bond donors (Lipinski definition) is 0. The number of rotatable bonds is 6. The number of esters is 1. The maximum absolute atomic E-state index is 12.1. The van der Waals surface area contributed by atoms with Crippen molar-refractivity contribution in [2.45, 2.75) is 26.7 Å². The van der Waals surface area contributed by atoms with Crippen LogP contribution in [0.15, 0.2) is 72.2 Å². The zero-order valence-corrected chi connectivity index (χ0v) is 15.0. The van der Waals surface area contributed by atoms with Gasteiger partial charge in [-0.15, -0.1) is 0 Å². The van der Waals surface area contributed by atoms with Crippen LogP contribution in [0.1, 0.15) is 34.3 Å². The molecule has 0 fully saturated rings. The van der Waals surface area contributed by atoms with Crippen LogP contribution in [0.4, 0.5) is 0 Å². The number of aryl methyl sites for hydroxylation is 2. The fraction of sp³-hybridized carbons (Fsp3) is 0.227. The molecule has 0 spiro atoms. The Morgan fingerprint density at radius 3 is 2.00 bits per heavy atom. The second-order valence-corrected chi connectivity index (χ2v) is 6.24. The molecule has 0 amide bonds. The van der Waals surface area contributed by atoms with Crippen LogP contribution in [-0.2, 0) is 9.47 Å². The van der Waals surface area contributed by atoms with Crippen molar-refractivity contribution in [2.75, 3.05) is 6.79 Å². The van der Waals surface area contributed by atoms with E-state index in [4.69, 9.17) is 14.2 Å². The predicted molar refractivity (Wildman–Crippen MR) is 99.8 cm³/mol. The van der Waals surface area contributed by atoms with E-state index in [1.165, 1.54) is 5.56 Å². The van der Waals surface area contributed by atoms with Gasteiger partial charge >= 0.3 is 5.97 Å². The Morgan fingerprint density at radius 1 is 0.808 bits per heavy atom. The third-order valence-electron chi connectivity index (χ3n) is 4.07. The molecule has 0 atom stereocenters. The number of benzene rings is 2. The van der Waals surface area contributed by atoms with Crippen molar-refractivity contribution in [1.29, 1.82) is 0 Å². The fourth-order valence-corrected chi connectivity index (χ4v) is 2.48. The van der Waals surface area contributed by atoms with Gasteiger partial charge in [0.05, 0.1) is 5.56 Å². The van der Waals surface area contributed by atoms with E-state index >= 15 is 0 Å². The van der Waals surface area contributed by atoms with Crippen molar-refractivity contribution in [1.82, 2.24) is 0 Å². The average molecular weight is 350 g/mol. The molecule has 2 aromatic carbocycles. The van der Waals surface area contributed by atoms with Gasteiger partial charge in [-0.2, -0.15) is 0 Å². The summed E-state index contributed by atoms with van der Waals surface area (Å²) in [6, 6.07) is 15.1. The van der Waals surface area contributed by atoms with E-state index in [0.717, 1.165) is 17.1 Å². The molecule has 0 heterocycles. The lowest BCUT2D eigenvalue weighted by Crippen LogP contribution is -2.09. The maximum atomic E-state index is 12.1. The summed E-state index contributed by atoms with van der Waals surface area (Å²) < 4.78 is 16.6. The molecule has 0 saturated carbocycles. The van der Waals surface area contributed by atoms with Crippen LogP contribution in [0, 0.1) is 13.8 Å². The van der Waals surface area contributed by atoms with Gasteiger partial charge in [-0.1, -0.05) is 35.4 Å². The summed E-state index contributed by atoms with van der Waals surface area (Å²) in [4.78, 5) is 12.1. The Morgan fingerprint density at radius 2 is 1.38 bits per heavy atom. The first kappa shape index (κ1) is 17.8. The molecule has 0 bridgehead atoms. The van der Waals surface area contributed by atoms with Gasteiger partial charge in [0.25, 0.3) is 0 Å². The average Bonchev–Trinajstić information content (AvgIpc) is 2.65. The van der Waals surface area contributed by atoms with Gasteiger partial charge in [0.15, 0.2) is 0 Å². The van der Waals surface area contributed by atoms with E-state index < -0.39 is 0 Å². The van der Waals surface area contributed by atoms with Crippen LogP contribution in [-0.4, -0.2) is 12.8 Å². The lowest BCUT2D eigenvalue weighted by molar-refractivity contribution is 0.0512. The number of carbonyl (C=O) groups excluding carboxylic acids is 1. The second kappa shape index (κ2) is 8.39. The SMILES string of the molecule is Cc1ccc(OCOC2=CC=C(OC(=O)c3ccc(C)cc3)CC2)cc1. The van der Waals surface area contributed by atoms with Crippen LogP contribution in [0.2, 0.25) is 0 Å². The molecular weight excluding hydrogens is 328 g/mol. The Hall–Kier alpha value is -3.01. The van der Waals surface area contributed by atoms with Crippen LogP contribution in [0.3, 0.4) is 0 Å². The van der Waals surface area contributed by atoms with Crippen LogP contribution in [0.5, 0.6) is 5.75 Å². The minimum atomic E-state index is -0.336. The molecular formula is C22H22O4. The summed E-state index contributed by atoms with van der Waals surface area (Å²) in [6.07, 6.45) is 4.88. The number of ether oxygens (including phenoxy) is 3. The van der Waals surface area contributed by atoms with Gasteiger partial charge in [0, 0.05) is 12.8 Å². The normalized spacial score (nSPS) is 13.5. The molecule has 0 radical (unpaired) electrons. The van der Waals surface area contributed by atoms with Crippen LogP contribution in [0.25, 0.3) is 0 Å². The van der Waals surface area contributed by atoms with Crippen molar-refractivity contribution in [3.8, 4) is 5.75 Å². The lowest BCUT2D eigenvalue weighted by atomic mass is 10.1. The third-order valence-corrected chi connectivity index (χ3v) is 4.07. The first-order valence-corrected chi connectivity index (χ1v) is 8.61.